The maximum atomic E-state index is 13.3. The summed E-state index contributed by atoms with van der Waals surface area (Å²) in [5.41, 5.74) is 4.97. The van der Waals surface area contributed by atoms with E-state index in [-0.39, 0.29) is 24.1 Å². The number of fused-ring (bicyclic) bond motifs is 1. The number of carbonyl (C=O) groups is 4. The molecule has 1 amide bonds. The Morgan fingerprint density at radius 1 is 0.769 bits per heavy atom. The number of rotatable bonds is 7. The van der Waals surface area contributed by atoms with E-state index >= 15 is 0 Å². The first-order valence-corrected chi connectivity index (χ1v) is 13.2. The number of Topliss-reactive ketones (excluding diaryl/α,β-unsaturated/α-hetero) is 2. The minimum absolute atomic E-state index is 0.00985. The molecule has 0 bridgehead atoms. The molecule has 6 heteroatoms. The molecule has 1 N–H and O–H groups in total. The number of nitrogens with one attached hydrogen (secondary N) is 1. The summed E-state index contributed by atoms with van der Waals surface area (Å²) in [5, 5.41) is 3.03. The molecule has 39 heavy (non-hydrogen) atoms. The summed E-state index contributed by atoms with van der Waals surface area (Å²) in [5.74, 6) is -0.685. The van der Waals surface area contributed by atoms with E-state index in [0.717, 1.165) is 33.4 Å². The lowest BCUT2D eigenvalue weighted by molar-refractivity contribution is -0.154. The van der Waals surface area contributed by atoms with Crippen molar-refractivity contribution in [1.29, 1.82) is 0 Å². The molecule has 0 fully saturated rings. The molecule has 6 nitrogen and oxygen atoms in total. The number of amides is 1. The second kappa shape index (κ2) is 10.6. The molecule has 4 rings (SSSR count). The van der Waals surface area contributed by atoms with E-state index in [1.807, 2.05) is 45.0 Å². The second-order valence-electron chi connectivity index (χ2n) is 11.3. The fourth-order valence-corrected chi connectivity index (χ4v) is 4.94. The standard InChI is InChI=1S/C33H35NO5/c1-7-39-31(38)33(34-30(37)32(4,5)6)18-26-16-28(24-12-8-22(9-13-24)20(2)35)29(17-27(26)19-33)25-14-10-23(11-15-25)21(3)36/h8-17H,7,18-19H2,1-6H3,(H,34,37). The Morgan fingerprint density at radius 2 is 1.18 bits per heavy atom. The van der Waals surface area contributed by atoms with Gasteiger partial charge in [0.05, 0.1) is 6.61 Å². The van der Waals surface area contributed by atoms with Gasteiger partial charge in [-0.2, -0.15) is 0 Å². The predicted octanol–water partition coefficient (Wildman–Crippen LogP) is 5.99. The summed E-state index contributed by atoms with van der Waals surface area (Å²) in [6.07, 6.45) is 0.621. The van der Waals surface area contributed by atoms with Gasteiger partial charge in [0.2, 0.25) is 5.91 Å². The summed E-state index contributed by atoms with van der Waals surface area (Å²) >= 11 is 0. The fourth-order valence-electron chi connectivity index (χ4n) is 4.94. The summed E-state index contributed by atoms with van der Waals surface area (Å²) in [6, 6.07) is 19.0. The normalized spacial score (nSPS) is 13.9. The van der Waals surface area contributed by atoms with Crippen LogP contribution in [0.1, 0.15) is 73.4 Å². The van der Waals surface area contributed by atoms with Crippen molar-refractivity contribution in [3.05, 3.63) is 82.9 Å². The van der Waals surface area contributed by atoms with Gasteiger partial charge >= 0.3 is 5.97 Å². The van der Waals surface area contributed by atoms with Gasteiger partial charge in [0.25, 0.3) is 0 Å². The van der Waals surface area contributed by atoms with E-state index in [0.29, 0.717) is 24.0 Å². The van der Waals surface area contributed by atoms with Gasteiger partial charge in [-0.3, -0.25) is 14.4 Å². The highest BCUT2D eigenvalue weighted by Gasteiger charge is 2.48. The number of hydrogen-bond donors (Lipinski definition) is 1. The van der Waals surface area contributed by atoms with Crippen LogP contribution in [0.15, 0.2) is 60.7 Å². The van der Waals surface area contributed by atoms with E-state index < -0.39 is 16.9 Å². The van der Waals surface area contributed by atoms with Crippen molar-refractivity contribution in [2.24, 2.45) is 5.41 Å². The van der Waals surface area contributed by atoms with Crippen molar-refractivity contribution in [1.82, 2.24) is 5.32 Å². The van der Waals surface area contributed by atoms with Gasteiger partial charge in [0.15, 0.2) is 11.6 Å². The zero-order valence-electron chi connectivity index (χ0n) is 23.4. The smallest absolute Gasteiger partial charge is 0.332 e. The van der Waals surface area contributed by atoms with Crippen LogP contribution in [-0.4, -0.2) is 35.6 Å². The van der Waals surface area contributed by atoms with Crippen molar-refractivity contribution >= 4 is 23.4 Å². The molecule has 0 radical (unpaired) electrons. The monoisotopic (exact) mass is 525 g/mol. The van der Waals surface area contributed by atoms with E-state index in [1.54, 1.807) is 31.2 Å². The summed E-state index contributed by atoms with van der Waals surface area (Å²) in [7, 11) is 0. The topological polar surface area (TPSA) is 89.5 Å². The van der Waals surface area contributed by atoms with Crippen LogP contribution in [0.5, 0.6) is 0 Å². The van der Waals surface area contributed by atoms with Gasteiger partial charge in [-0.1, -0.05) is 81.4 Å². The summed E-state index contributed by atoms with van der Waals surface area (Å²) < 4.78 is 5.46. The van der Waals surface area contributed by atoms with Crippen molar-refractivity contribution in [2.45, 2.75) is 59.9 Å². The lowest BCUT2D eigenvalue weighted by Crippen LogP contribution is -2.58. The first kappa shape index (κ1) is 28.0. The lowest BCUT2D eigenvalue weighted by atomic mass is 9.90. The molecule has 0 heterocycles. The van der Waals surface area contributed by atoms with Crippen LogP contribution in [0.25, 0.3) is 22.3 Å². The molecule has 0 unspecified atom stereocenters. The molecule has 0 saturated carbocycles. The molecule has 3 aromatic rings. The third-order valence-corrected chi connectivity index (χ3v) is 7.23. The first-order chi connectivity index (χ1) is 18.3. The SMILES string of the molecule is CCOC(=O)C1(NC(=O)C(C)(C)C)Cc2cc(-c3ccc(C(C)=O)cc3)c(-c3ccc(C(C)=O)cc3)cc2C1. The van der Waals surface area contributed by atoms with Gasteiger partial charge in [0.1, 0.15) is 5.54 Å². The van der Waals surface area contributed by atoms with Crippen LogP contribution in [0, 0.1) is 5.41 Å². The van der Waals surface area contributed by atoms with Crippen molar-refractivity contribution in [2.75, 3.05) is 6.61 Å². The maximum Gasteiger partial charge on any atom is 0.332 e. The van der Waals surface area contributed by atoms with Crippen molar-refractivity contribution < 1.29 is 23.9 Å². The molecule has 0 aromatic heterocycles. The molecule has 1 aliphatic carbocycles. The van der Waals surface area contributed by atoms with E-state index in [4.69, 9.17) is 4.74 Å². The largest absolute Gasteiger partial charge is 0.464 e. The Hall–Kier alpha value is -4.06. The molecule has 0 atom stereocenters. The zero-order valence-corrected chi connectivity index (χ0v) is 23.4. The van der Waals surface area contributed by atoms with Gasteiger partial charge in [-0.05, 0) is 54.2 Å². The molecule has 0 aliphatic heterocycles. The average Bonchev–Trinajstić information content (AvgIpc) is 3.26. The quantitative estimate of drug-likeness (QED) is 0.302. The molecule has 202 valence electrons. The highest BCUT2D eigenvalue weighted by molar-refractivity contribution is 5.97. The molecule has 3 aromatic carbocycles. The number of esters is 1. The van der Waals surface area contributed by atoms with E-state index in [9.17, 15) is 19.2 Å². The highest BCUT2D eigenvalue weighted by atomic mass is 16.5. The number of ketones is 2. The van der Waals surface area contributed by atoms with Crippen LogP contribution < -0.4 is 5.32 Å². The minimum atomic E-state index is -1.20. The van der Waals surface area contributed by atoms with Gasteiger partial charge in [0, 0.05) is 29.4 Å². The number of carbonyl (C=O) groups excluding carboxylic acids is 4. The van der Waals surface area contributed by atoms with Crippen LogP contribution in [-0.2, 0) is 27.2 Å². The molecule has 0 spiro atoms. The Morgan fingerprint density at radius 3 is 1.51 bits per heavy atom. The maximum absolute atomic E-state index is 13.3. The Balaban J connectivity index is 1.86. The Labute approximate surface area is 229 Å². The molecule has 1 aliphatic rings. The Bertz CT molecular complexity index is 1360. The third kappa shape index (κ3) is 5.70. The zero-order chi connectivity index (χ0) is 28.5. The van der Waals surface area contributed by atoms with Crippen LogP contribution in [0.4, 0.5) is 0 Å². The first-order valence-electron chi connectivity index (χ1n) is 13.2. The lowest BCUT2D eigenvalue weighted by Gasteiger charge is -2.31. The molecule has 0 saturated heterocycles. The summed E-state index contributed by atoms with van der Waals surface area (Å²) in [4.78, 5) is 50.1. The average molecular weight is 526 g/mol. The number of ether oxygens (including phenoxy) is 1. The van der Waals surface area contributed by atoms with Gasteiger partial charge in [-0.25, -0.2) is 4.79 Å². The van der Waals surface area contributed by atoms with Gasteiger partial charge in [-0.15, -0.1) is 0 Å². The van der Waals surface area contributed by atoms with Crippen LogP contribution in [0.2, 0.25) is 0 Å². The predicted molar refractivity (Wildman–Crippen MR) is 152 cm³/mol. The van der Waals surface area contributed by atoms with Crippen molar-refractivity contribution in [3.8, 4) is 22.3 Å². The number of hydrogen-bond acceptors (Lipinski definition) is 5. The summed E-state index contributed by atoms with van der Waals surface area (Å²) in [6.45, 7) is 10.5. The van der Waals surface area contributed by atoms with Crippen molar-refractivity contribution in [3.63, 3.8) is 0 Å². The molecular formula is C33H35NO5. The van der Waals surface area contributed by atoms with Gasteiger partial charge < -0.3 is 10.1 Å². The number of benzene rings is 3. The fraction of sp³-hybridized carbons (Fsp3) is 0.333. The second-order valence-corrected chi connectivity index (χ2v) is 11.3. The Kier molecular flexibility index (Phi) is 7.60. The third-order valence-electron chi connectivity index (χ3n) is 7.23. The van der Waals surface area contributed by atoms with E-state index in [2.05, 4.69) is 17.4 Å². The molecular weight excluding hydrogens is 490 g/mol. The van der Waals surface area contributed by atoms with Crippen LogP contribution >= 0.6 is 0 Å². The van der Waals surface area contributed by atoms with Crippen LogP contribution in [0.3, 0.4) is 0 Å². The highest BCUT2D eigenvalue weighted by Crippen LogP contribution is 2.41. The minimum Gasteiger partial charge on any atom is -0.464 e. The van der Waals surface area contributed by atoms with E-state index in [1.165, 1.54) is 13.8 Å².